The zero-order valence-corrected chi connectivity index (χ0v) is 18.8. The van der Waals surface area contributed by atoms with Crippen LogP contribution in [0.3, 0.4) is 0 Å². The van der Waals surface area contributed by atoms with Crippen LogP contribution in [0.1, 0.15) is 22.6 Å². The summed E-state index contributed by atoms with van der Waals surface area (Å²) in [4.78, 5) is 32.3. The first-order chi connectivity index (χ1) is 16.6. The van der Waals surface area contributed by atoms with E-state index in [0.717, 1.165) is 29.7 Å². The fourth-order valence-electron chi connectivity index (χ4n) is 3.43. The summed E-state index contributed by atoms with van der Waals surface area (Å²) in [7, 11) is 1.57. The lowest BCUT2D eigenvalue weighted by Gasteiger charge is -2.09. The van der Waals surface area contributed by atoms with Gasteiger partial charge in [0.05, 0.1) is 18.1 Å². The van der Waals surface area contributed by atoms with Gasteiger partial charge in [0.15, 0.2) is 6.61 Å². The highest BCUT2D eigenvalue weighted by atomic mass is 16.5. The van der Waals surface area contributed by atoms with Crippen LogP contribution in [-0.2, 0) is 11.2 Å². The number of nitrogens with one attached hydrogen (secondary N) is 3. The Morgan fingerprint density at radius 3 is 2.59 bits per heavy atom. The van der Waals surface area contributed by atoms with Gasteiger partial charge < -0.3 is 25.1 Å². The zero-order valence-electron chi connectivity index (χ0n) is 18.8. The molecule has 1 aromatic heterocycles. The Morgan fingerprint density at radius 2 is 1.79 bits per heavy atom. The topological polar surface area (TPSA) is 105 Å². The van der Waals surface area contributed by atoms with E-state index in [2.05, 4.69) is 20.6 Å². The average Bonchev–Trinajstić information content (AvgIpc) is 3.28. The van der Waals surface area contributed by atoms with Gasteiger partial charge in [0, 0.05) is 30.3 Å². The third-order valence-corrected chi connectivity index (χ3v) is 5.15. The van der Waals surface area contributed by atoms with Gasteiger partial charge in [0.25, 0.3) is 11.8 Å². The van der Waals surface area contributed by atoms with E-state index in [9.17, 15) is 9.59 Å². The maximum Gasteiger partial charge on any atom is 0.262 e. The molecule has 174 valence electrons. The minimum atomic E-state index is -0.292. The molecule has 0 radical (unpaired) electrons. The molecule has 8 nitrogen and oxygen atoms in total. The van der Waals surface area contributed by atoms with E-state index in [1.165, 1.54) is 0 Å². The standard InChI is InChI=1S/C26H26N4O4/c1-33-21-7-4-6-19(16-21)28-25(31)17-34-20-13-11-18(12-14-20)26(32)27-15-5-10-24-29-22-8-2-3-9-23(22)30-24/h2-4,6-9,11-14,16H,5,10,15,17H2,1H3,(H,27,32)(H,28,31)(H,29,30). The number of nitrogens with zero attached hydrogens (tertiary/aromatic N) is 1. The number of ether oxygens (including phenoxy) is 2. The number of methoxy groups -OCH3 is 1. The minimum Gasteiger partial charge on any atom is -0.497 e. The number of anilines is 1. The van der Waals surface area contributed by atoms with Crippen LogP contribution in [0.25, 0.3) is 11.0 Å². The van der Waals surface area contributed by atoms with Gasteiger partial charge in [-0.05, 0) is 55.0 Å². The van der Waals surface area contributed by atoms with Crippen molar-refractivity contribution in [1.82, 2.24) is 15.3 Å². The van der Waals surface area contributed by atoms with Crippen molar-refractivity contribution >= 4 is 28.5 Å². The first-order valence-corrected chi connectivity index (χ1v) is 11.0. The Hall–Kier alpha value is -4.33. The molecule has 0 aliphatic carbocycles. The fraction of sp³-hybridized carbons (Fsp3) is 0.192. The molecular formula is C26H26N4O4. The van der Waals surface area contributed by atoms with Gasteiger partial charge in [-0.2, -0.15) is 0 Å². The van der Waals surface area contributed by atoms with Crippen LogP contribution in [0.15, 0.2) is 72.8 Å². The lowest BCUT2D eigenvalue weighted by atomic mass is 10.2. The van der Waals surface area contributed by atoms with Crippen LogP contribution in [0.5, 0.6) is 11.5 Å². The molecule has 0 bridgehead atoms. The summed E-state index contributed by atoms with van der Waals surface area (Å²) in [6.07, 6.45) is 1.52. The molecule has 0 spiro atoms. The average molecular weight is 459 g/mol. The molecular weight excluding hydrogens is 432 g/mol. The maximum atomic E-state index is 12.4. The maximum absolute atomic E-state index is 12.4. The van der Waals surface area contributed by atoms with E-state index >= 15 is 0 Å². The molecule has 3 N–H and O–H groups in total. The van der Waals surface area contributed by atoms with Crippen molar-refractivity contribution in [3.8, 4) is 11.5 Å². The Kier molecular flexibility index (Phi) is 7.39. The number of para-hydroxylation sites is 2. The molecule has 0 unspecified atom stereocenters. The number of imidazole rings is 1. The molecule has 3 aromatic carbocycles. The molecule has 34 heavy (non-hydrogen) atoms. The first kappa shape index (κ1) is 22.8. The highest BCUT2D eigenvalue weighted by Gasteiger charge is 2.08. The number of H-pyrrole nitrogens is 1. The van der Waals surface area contributed by atoms with Crippen molar-refractivity contribution in [3.05, 3.63) is 84.2 Å². The van der Waals surface area contributed by atoms with Gasteiger partial charge in [0.2, 0.25) is 0 Å². The van der Waals surface area contributed by atoms with Gasteiger partial charge >= 0.3 is 0 Å². The number of aromatic amines is 1. The summed E-state index contributed by atoms with van der Waals surface area (Å²) >= 11 is 0. The Labute approximate surface area is 197 Å². The fourth-order valence-corrected chi connectivity index (χ4v) is 3.43. The van der Waals surface area contributed by atoms with Crippen LogP contribution < -0.4 is 20.1 Å². The smallest absolute Gasteiger partial charge is 0.262 e. The van der Waals surface area contributed by atoms with Crippen LogP contribution >= 0.6 is 0 Å². The number of hydrogen-bond acceptors (Lipinski definition) is 5. The predicted molar refractivity (Wildman–Crippen MR) is 130 cm³/mol. The van der Waals surface area contributed by atoms with Gasteiger partial charge in [-0.25, -0.2) is 4.98 Å². The van der Waals surface area contributed by atoms with E-state index in [0.29, 0.717) is 29.3 Å². The van der Waals surface area contributed by atoms with Gasteiger partial charge in [0.1, 0.15) is 17.3 Å². The Balaban J connectivity index is 1.18. The van der Waals surface area contributed by atoms with Gasteiger partial charge in [-0.3, -0.25) is 9.59 Å². The third kappa shape index (κ3) is 6.13. The lowest BCUT2D eigenvalue weighted by Crippen LogP contribution is -2.24. The molecule has 8 heteroatoms. The summed E-state index contributed by atoms with van der Waals surface area (Å²) < 4.78 is 10.7. The van der Waals surface area contributed by atoms with Crippen LogP contribution in [0, 0.1) is 0 Å². The van der Waals surface area contributed by atoms with Gasteiger partial charge in [-0.15, -0.1) is 0 Å². The SMILES string of the molecule is COc1cccc(NC(=O)COc2ccc(C(=O)NCCCc3nc4ccccc4[nH]3)cc2)c1. The normalized spacial score (nSPS) is 10.6. The largest absolute Gasteiger partial charge is 0.497 e. The van der Waals surface area contributed by atoms with E-state index < -0.39 is 0 Å². The van der Waals surface area contributed by atoms with Crippen molar-refractivity contribution in [1.29, 1.82) is 0 Å². The third-order valence-electron chi connectivity index (χ3n) is 5.15. The van der Waals surface area contributed by atoms with Crippen molar-refractivity contribution in [3.63, 3.8) is 0 Å². The van der Waals surface area contributed by atoms with Gasteiger partial charge in [-0.1, -0.05) is 18.2 Å². The Morgan fingerprint density at radius 1 is 0.971 bits per heavy atom. The van der Waals surface area contributed by atoms with Crippen LogP contribution in [0.2, 0.25) is 0 Å². The van der Waals surface area contributed by atoms with Crippen molar-refractivity contribution in [2.75, 3.05) is 25.6 Å². The molecule has 0 atom stereocenters. The lowest BCUT2D eigenvalue weighted by molar-refractivity contribution is -0.118. The predicted octanol–water partition coefficient (Wildman–Crippen LogP) is 3.95. The van der Waals surface area contributed by atoms with Crippen molar-refractivity contribution in [2.24, 2.45) is 0 Å². The molecule has 0 aliphatic heterocycles. The molecule has 0 saturated carbocycles. The molecule has 4 rings (SSSR count). The van der Waals surface area contributed by atoms with Crippen LogP contribution in [0.4, 0.5) is 5.69 Å². The monoisotopic (exact) mass is 458 g/mol. The first-order valence-electron chi connectivity index (χ1n) is 11.0. The zero-order chi connectivity index (χ0) is 23.8. The number of rotatable bonds is 10. The van der Waals surface area contributed by atoms with Crippen molar-refractivity contribution < 1.29 is 19.1 Å². The minimum absolute atomic E-state index is 0.148. The number of carbonyl (C=O) groups is 2. The second kappa shape index (κ2) is 11.0. The second-order valence-electron chi connectivity index (χ2n) is 7.65. The van der Waals surface area contributed by atoms with E-state index in [4.69, 9.17) is 9.47 Å². The number of aromatic nitrogens is 2. The molecule has 0 aliphatic rings. The molecule has 2 amide bonds. The molecule has 0 fully saturated rings. The molecule has 1 heterocycles. The quantitative estimate of drug-likeness (QED) is 0.312. The summed E-state index contributed by atoms with van der Waals surface area (Å²) in [5.74, 6) is 1.61. The number of aryl methyl sites for hydroxylation is 1. The molecule has 4 aromatic rings. The summed E-state index contributed by atoms with van der Waals surface area (Å²) in [5.41, 5.74) is 3.11. The summed E-state index contributed by atoms with van der Waals surface area (Å²) in [5, 5.41) is 5.66. The van der Waals surface area contributed by atoms with Crippen LogP contribution in [-0.4, -0.2) is 42.0 Å². The number of amides is 2. The van der Waals surface area contributed by atoms with E-state index in [1.807, 2.05) is 24.3 Å². The highest BCUT2D eigenvalue weighted by molar-refractivity contribution is 5.94. The second-order valence-corrected chi connectivity index (χ2v) is 7.65. The number of benzene rings is 3. The number of fused-ring (bicyclic) bond motifs is 1. The van der Waals surface area contributed by atoms with E-state index in [1.54, 1.807) is 55.6 Å². The van der Waals surface area contributed by atoms with Crippen molar-refractivity contribution in [2.45, 2.75) is 12.8 Å². The van der Waals surface area contributed by atoms with E-state index in [-0.39, 0.29) is 18.4 Å². The summed E-state index contributed by atoms with van der Waals surface area (Å²) in [6, 6.07) is 21.7. The Bertz CT molecular complexity index is 1230. The number of hydrogen-bond donors (Lipinski definition) is 3. The highest BCUT2D eigenvalue weighted by Crippen LogP contribution is 2.17. The number of carbonyl (C=O) groups excluding carboxylic acids is 2. The summed E-state index contributed by atoms with van der Waals surface area (Å²) in [6.45, 7) is 0.392. The molecule has 0 saturated heterocycles.